The van der Waals surface area contributed by atoms with Crippen molar-refractivity contribution in [3.63, 3.8) is 0 Å². The zero-order chi connectivity index (χ0) is 13.1. The van der Waals surface area contributed by atoms with Gasteiger partial charge in [-0.1, -0.05) is 50.5 Å². The third-order valence-corrected chi connectivity index (χ3v) is 2.78. The molecular weight excluding hydrogens is 244 g/mol. The van der Waals surface area contributed by atoms with Crippen LogP contribution in [0.4, 0.5) is 0 Å². The molecule has 0 atom stereocenters. The molecule has 1 aromatic carbocycles. The van der Waals surface area contributed by atoms with E-state index in [1.54, 1.807) is 0 Å². The average Bonchev–Trinajstić information content (AvgIpc) is 2.41. The number of hydrogen-bond acceptors (Lipinski definition) is 1. The maximum absolute atomic E-state index is 5.71. The van der Waals surface area contributed by atoms with Gasteiger partial charge in [-0.2, -0.15) is 0 Å². The van der Waals surface area contributed by atoms with Gasteiger partial charge in [0, 0.05) is 5.56 Å². The van der Waals surface area contributed by atoms with Crippen molar-refractivity contribution in [3.05, 3.63) is 29.8 Å². The van der Waals surface area contributed by atoms with E-state index in [9.17, 15) is 0 Å². The van der Waals surface area contributed by atoms with Crippen LogP contribution in [-0.4, -0.2) is 12.5 Å². The minimum Gasteiger partial charge on any atom is -0.494 e. The Hall–Kier alpha value is -1.13. The maximum Gasteiger partial charge on any atom is 0.120 e. The third kappa shape index (κ3) is 6.57. The van der Waals surface area contributed by atoms with E-state index in [1.807, 2.05) is 24.3 Å². The summed E-state index contributed by atoms with van der Waals surface area (Å²) >= 11 is 5.53. The molecule has 98 valence electrons. The van der Waals surface area contributed by atoms with Crippen molar-refractivity contribution in [3.8, 4) is 17.6 Å². The molecule has 0 N–H and O–H groups in total. The van der Waals surface area contributed by atoms with Gasteiger partial charge < -0.3 is 4.74 Å². The lowest BCUT2D eigenvalue weighted by Crippen LogP contribution is -1.97. The third-order valence-electron chi connectivity index (χ3n) is 2.65. The number of unbranched alkanes of at least 4 members (excludes halogenated alkanes) is 4. The SMILES string of the molecule is CCCCCCCOc1cccc(C#CCCl)c1. The van der Waals surface area contributed by atoms with Gasteiger partial charge in [0.25, 0.3) is 0 Å². The monoisotopic (exact) mass is 264 g/mol. The van der Waals surface area contributed by atoms with Crippen LogP contribution in [-0.2, 0) is 0 Å². The summed E-state index contributed by atoms with van der Waals surface area (Å²) in [6.07, 6.45) is 6.28. The molecule has 1 nitrogen and oxygen atoms in total. The number of alkyl halides is 1. The molecule has 1 aromatic rings. The van der Waals surface area contributed by atoms with Crippen LogP contribution in [0.3, 0.4) is 0 Å². The first kappa shape index (κ1) is 14.9. The van der Waals surface area contributed by atoms with Crippen molar-refractivity contribution in [2.75, 3.05) is 12.5 Å². The van der Waals surface area contributed by atoms with Crippen LogP contribution in [0.2, 0.25) is 0 Å². The van der Waals surface area contributed by atoms with E-state index >= 15 is 0 Å². The summed E-state index contributed by atoms with van der Waals surface area (Å²) in [5.74, 6) is 7.09. The van der Waals surface area contributed by atoms with E-state index in [-0.39, 0.29) is 0 Å². The maximum atomic E-state index is 5.71. The molecule has 0 saturated carbocycles. The van der Waals surface area contributed by atoms with Crippen LogP contribution in [0.1, 0.15) is 44.6 Å². The highest BCUT2D eigenvalue weighted by Gasteiger charge is 1.95. The minimum absolute atomic E-state index is 0.364. The van der Waals surface area contributed by atoms with Gasteiger partial charge in [0.05, 0.1) is 12.5 Å². The second-order valence-corrected chi connectivity index (χ2v) is 4.49. The molecule has 0 fully saturated rings. The first-order valence-corrected chi connectivity index (χ1v) is 7.18. The van der Waals surface area contributed by atoms with E-state index in [0.29, 0.717) is 5.88 Å². The quantitative estimate of drug-likeness (QED) is 0.396. The number of rotatable bonds is 7. The molecule has 0 aliphatic carbocycles. The number of hydrogen-bond donors (Lipinski definition) is 0. The molecule has 0 aliphatic rings. The highest BCUT2D eigenvalue weighted by molar-refractivity contribution is 6.19. The van der Waals surface area contributed by atoms with Crippen LogP contribution >= 0.6 is 11.6 Å². The van der Waals surface area contributed by atoms with Crippen molar-refractivity contribution in [2.24, 2.45) is 0 Å². The normalized spacial score (nSPS) is 9.67. The molecule has 0 heterocycles. The van der Waals surface area contributed by atoms with Gasteiger partial charge in [-0.25, -0.2) is 0 Å². The lowest BCUT2D eigenvalue weighted by molar-refractivity contribution is 0.304. The Labute approximate surface area is 115 Å². The average molecular weight is 265 g/mol. The van der Waals surface area contributed by atoms with Crippen LogP contribution in [0, 0.1) is 11.8 Å². The summed E-state index contributed by atoms with van der Waals surface area (Å²) in [4.78, 5) is 0. The predicted octanol–water partition coefficient (Wildman–Crippen LogP) is 4.63. The summed E-state index contributed by atoms with van der Waals surface area (Å²) in [6, 6.07) is 7.86. The van der Waals surface area contributed by atoms with Crippen molar-refractivity contribution in [1.82, 2.24) is 0 Å². The second-order valence-electron chi connectivity index (χ2n) is 4.23. The van der Waals surface area contributed by atoms with Crippen molar-refractivity contribution < 1.29 is 4.74 Å². The summed E-state index contributed by atoms with van der Waals surface area (Å²) in [7, 11) is 0. The number of benzene rings is 1. The van der Waals surface area contributed by atoms with Crippen LogP contribution in [0.5, 0.6) is 5.75 Å². The molecule has 0 amide bonds. The van der Waals surface area contributed by atoms with E-state index in [4.69, 9.17) is 16.3 Å². The van der Waals surface area contributed by atoms with Gasteiger partial charge in [-0.3, -0.25) is 0 Å². The van der Waals surface area contributed by atoms with Crippen LogP contribution < -0.4 is 4.74 Å². The van der Waals surface area contributed by atoms with Crippen molar-refractivity contribution in [1.29, 1.82) is 0 Å². The molecule has 0 aliphatic heterocycles. The van der Waals surface area contributed by atoms with Gasteiger partial charge >= 0.3 is 0 Å². The fraction of sp³-hybridized carbons (Fsp3) is 0.500. The molecular formula is C16H21ClO. The second kappa shape index (κ2) is 9.85. The molecule has 2 heteroatoms. The Balaban J connectivity index is 2.29. The molecule has 18 heavy (non-hydrogen) atoms. The molecule has 0 aromatic heterocycles. The lowest BCUT2D eigenvalue weighted by Gasteiger charge is -2.06. The Morgan fingerprint density at radius 3 is 2.78 bits per heavy atom. The topological polar surface area (TPSA) is 9.23 Å². The van der Waals surface area contributed by atoms with Gasteiger partial charge in [0.15, 0.2) is 0 Å². The van der Waals surface area contributed by atoms with E-state index < -0.39 is 0 Å². The van der Waals surface area contributed by atoms with Gasteiger partial charge in [0.2, 0.25) is 0 Å². The Morgan fingerprint density at radius 1 is 1.17 bits per heavy atom. The highest BCUT2D eigenvalue weighted by Crippen LogP contribution is 2.13. The molecule has 0 unspecified atom stereocenters. The van der Waals surface area contributed by atoms with Gasteiger partial charge in [-0.05, 0) is 24.6 Å². The molecule has 0 bridgehead atoms. The van der Waals surface area contributed by atoms with E-state index in [0.717, 1.165) is 24.3 Å². The first-order chi connectivity index (χ1) is 8.86. The van der Waals surface area contributed by atoms with Gasteiger partial charge in [-0.15, -0.1) is 11.6 Å². The minimum atomic E-state index is 0.364. The largest absolute Gasteiger partial charge is 0.494 e. The summed E-state index contributed by atoms with van der Waals surface area (Å²) in [5, 5.41) is 0. The summed E-state index contributed by atoms with van der Waals surface area (Å²) in [5.41, 5.74) is 0.958. The zero-order valence-electron chi connectivity index (χ0n) is 11.0. The number of ether oxygens (including phenoxy) is 1. The first-order valence-electron chi connectivity index (χ1n) is 6.64. The Kier molecular flexibility index (Phi) is 8.17. The van der Waals surface area contributed by atoms with E-state index in [2.05, 4.69) is 18.8 Å². The van der Waals surface area contributed by atoms with Crippen LogP contribution in [0.15, 0.2) is 24.3 Å². The fourth-order valence-corrected chi connectivity index (χ4v) is 1.76. The summed E-state index contributed by atoms with van der Waals surface area (Å²) < 4.78 is 5.71. The summed E-state index contributed by atoms with van der Waals surface area (Å²) in [6.45, 7) is 3.01. The molecule has 1 rings (SSSR count). The van der Waals surface area contributed by atoms with Crippen molar-refractivity contribution >= 4 is 11.6 Å². The zero-order valence-corrected chi connectivity index (χ0v) is 11.8. The number of halogens is 1. The standard InChI is InChI=1S/C16H21ClO/c1-2-3-4-5-6-13-18-16-11-7-9-15(14-16)10-8-12-17/h7,9,11,14H,2-6,12-13H2,1H3. The van der Waals surface area contributed by atoms with Crippen LogP contribution in [0.25, 0.3) is 0 Å². The van der Waals surface area contributed by atoms with Gasteiger partial charge in [0.1, 0.15) is 5.75 Å². The fourth-order valence-electron chi connectivity index (χ4n) is 1.69. The highest BCUT2D eigenvalue weighted by atomic mass is 35.5. The molecule has 0 spiro atoms. The Bertz CT molecular complexity index is 390. The smallest absolute Gasteiger partial charge is 0.120 e. The Morgan fingerprint density at radius 2 is 2.00 bits per heavy atom. The molecule has 0 radical (unpaired) electrons. The van der Waals surface area contributed by atoms with E-state index in [1.165, 1.54) is 25.7 Å². The van der Waals surface area contributed by atoms with Crippen molar-refractivity contribution in [2.45, 2.75) is 39.0 Å². The predicted molar refractivity (Wildman–Crippen MR) is 78.3 cm³/mol. The molecule has 0 saturated heterocycles. The lowest BCUT2D eigenvalue weighted by atomic mass is 10.2.